The zero-order valence-electron chi connectivity index (χ0n) is 17.6. The van der Waals surface area contributed by atoms with E-state index in [0.29, 0.717) is 35.4 Å². The molecule has 3 aliphatic carbocycles. The molecule has 8 heteroatoms. The van der Waals surface area contributed by atoms with Gasteiger partial charge in [0.15, 0.2) is 0 Å². The van der Waals surface area contributed by atoms with Crippen LogP contribution in [-0.2, 0) is 17.9 Å². The van der Waals surface area contributed by atoms with E-state index in [1.165, 1.54) is 12.6 Å². The Morgan fingerprint density at radius 1 is 1.30 bits per heavy atom. The summed E-state index contributed by atoms with van der Waals surface area (Å²) in [5.41, 5.74) is 0.937. The lowest BCUT2D eigenvalue weighted by Gasteiger charge is -2.62. The Balaban J connectivity index is 1.39. The third-order valence-electron chi connectivity index (χ3n) is 7.25. The predicted octanol–water partition coefficient (Wildman–Crippen LogP) is 2.14. The number of amides is 1. The summed E-state index contributed by atoms with van der Waals surface area (Å²) < 4.78 is 0.979. The second-order valence-corrected chi connectivity index (χ2v) is 9.21. The molecule has 30 heavy (non-hydrogen) atoms. The summed E-state index contributed by atoms with van der Waals surface area (Å²) in [6, 6.07) is 3.80. The molecule has 2 bridgehead atoms. The summed E-state index contributed by atoms with van der Waals surface area (Å²) in [5, 5.41) is 20.6. The Morgan fingerprint density at radius 2 is 2.03 bits per heavy atom. The topological polar surface area (TPSA) is 109 Å². The summed E-state index contributed by atoms with van der Waals surface area (Å²) in [5.74, 6) is 1.01. The van der Waals surface area contributed by atoms with Crippen LogP contribution >= 0.6 is 0 Å². The van der Waals surface area contributed by atoms with Gasteiger partial charge in [-0.2, -0.15) is 5.10 Å². The predicted molar refractivity (Wildman–Crippen MR) is 113 cm³/mol. The number of nitrogens with one attached hydrogen (secondary N) is 2. The molecule has 160 valence electrons. The van der Waals surface area contributed by atoms with Crippen molar-refractivity contribution in [3.8, 4) is 5.75 Å². The zero-order valence-corrected chi connectivity index (χ0v) is 17.6. The molecular weight excluding hydrogens is 382 g/mol. The van der Waals surface area contributed by atoms with E-state index < -0.39 is 11.3 Å². The summed E-state index contributed by atoms with van der Waals surface area (Å²) >= 11 is 0. The van der Waals surface area contributed by atoms with Crippen LogP contribution in [0.25, 0.3) is 0 Å². The van der Waals surface area contributed by atoms with Crippen molar-refractivity contribution in [3.05, 3.63) is 46.6 Å². The van der Waals surface area contributed by atoms with Gasteiger partial charge in [-0.05, 0) is 53.7 Å². The maximum Gasteiger partial charge on any atom is 0.311 e. The fourth-order valence-corrected chi connectivity index (χ4v) is 5.13. The third kappa shape index (κ3) is 3.66. The summed E-state index contributed by atoms with van der Waals surface area (Å²) in [6.45, 7) is 6.98. The number of rotatable bonds is 6. The number of fused-ring (bicyclic) bond motifs is 2. The minimum absolute atomic E-state index is 0.202. The van der Waals surface area contributed by atoms with Crippen molar-refractivity contribution in [2.24, 2.45) is 23.2 Å². The molecule has 5 rings (SSSR count). The van der Waals surface area contributed by atoms with Crippen molar-refractivity contribution in [3.63, 3.8) is 0 Å². The van der Waals surface area contributed by atoms with Crippen molar-refractivity contribution in [1.29, 1.82) is 0 Å². The molecule has 2 aromatic rings. The highest BCUT2D eigenvalue weighted by atomic mass is 16.3. The fraction of sp³-hybridized carbons (Fsp3) is 0.545. The molecule has 2 heterocycles. The molecule has 3 saturated carbocycles. The molecule has 3 fully saturated rings. The number of aromatic nitrogens is 3. The van der Waals surface area contributed by atoms with Crippen molar-refractivity contribution in [1.82, 2.24) is 20.1 Å². The normalized spacial score (nSPS) is 26.5. The fourth-order valence-electron chi connectivity index (χ4n) is 5.13. The van der Waals surface area contributed by atoms with Crippen LogP contribution in [0.2, 0.25) is 0 Å². The van der Waals surface area contributed by atoms with E-state index in [2.05, 4.69) is 41.5 Å². The van der Waals surface area contributed by atoms with Crippen molar-refractivity contribution < 1.29 is 9.90 Å². The quantitative estimate of drug-likeness (QED) is 0.672. The standard InChI is InChI=1S/C22H29N5O3/c1-13-16-8-15(22(16,2)3)9-17(13)26-18-11-25-27(21(30)20(18)29)12-19(28)24-10-14-4-6-23-7-5-14/h4-7,11,13,15-17,26,29H,8-10,12H2,1-3H3,(H,24,28)/t13-,15+,16?,17?/m1/s1. The second kappa shape index (κ2) is 7.74. The first-order valence-electron chi connectivity index (χ1n) is 10.5. The monoisotopic (exact) mass is 411 g/mol. The zero-order chi connectivity index (χ0) is 21.5. The van der Waals surface area contributed by atoms with Crippen LogP contribution in [0.1, 0.15) is 39.2 Å². The Hall–Kier alpha value is -2.90. The van der Waals surface area contributed by atoms with Crippen molar-refractivity contribution in [2.45, 2.75) is 52.7 Å². The van der Waals surface area contributed by atoms with E-state index >= 15 is 0 Å². The van der Waals surface area contributed by atoms with E-state index in [-0.39, 0.29) is 18.5 Å². The minimum Gasteiger partial charge on any atom is -0.502 e. The molecule has 4 atom stereocenters. The Kier molecular flexibility index (Phi) is 5.26. The first-order chi connectivity index (χ1) is 14.3. The van der Waals surface area contributed by atoms with Crippen LogP contribution in [0, 0.1) is 23.2 Å². The second-order valence-electron chi connectivity index (χ2n) is 9.21. The number of carbonyl (C=O) groups is 1. The van der Waals surface area contributed by atoms with Crippen LogP contribution in [0.15, 0.2) is 35.5 Å². The molecule has 0 radical (unpaired) electrons. The average molecular weight is 412 g/mol. The number of hydrogen-bond donors (Lipinski definition) is 3. The van der Waals surface area contributed by atoms with Gasteiger partial charge >= 0.3 is 5.56 Å². The van der Waals surface area contributed by atoms with Gasteiger partial charge in [0.25, 0.3) is 0 Å². The largest absolute Gasteiger partial charge is 0.502 e. The molecule has 0 spiro atoms. The Bertz CT molecular complexity index is 988. The average Bonchev–Trinajstić information content (AvgIpc) is 2.73. The molecule has 0 saturated heterocycles. The SMILES string of the molecule is C[C@H]1C(Nc2cnn(CC(=O)NCc3ccncc3)c(=O)c2O)C[C@@H]2CC1C2(C)C. The maximum absolute atomic E-state index is 12.5. The molecule has 0 aromatic carbocycles. The van der Waals surface area contributed by atoms with Crippen molar-refractivity contribution >= 4 is 11.6 Å². The van der Waals surface area contributed by atoms with Gasteiger partial charge in [0, 0.05) is 25.0 Å². The lowest BCUT2D eigenvalue weighted by atomic mass is 9.45. The van der Waals surface area contributed by atoms with E-state index in [1.54, 1.807) is 24.5 Å². The molecule has 0 aliphatic heterocycles. The number of pyridine rings is 1. The first kappa shape index (κ1) is 20.4. The lowest BCUT2D eigenvalue weighted by molar-refractivity contribution is -0.122. The molecular formula is C22H29N5O3. The van der Waals surface area contributed by atoms with E-state index in [4.69, 9.17) is 0 Å². The smallest absolute Gasteiger partial charge is 0.311 e. The highest BCUT2D eigenvalue weighted by Gasteiger charge is 2.56. The van der Waals surface area contributed by atoms with Gasteiger partial charge in [-0.1, -0.05) is 20.8 Å². The van der Waals surface area contributed by atoms with Crippen LogP contribution in [0.4, 0.5) is 5.69 Å². The van der Waals surface area contributed by atoms with Crippen LogP contribution in [0.5, 0.6) is 5.75 Å². The molecule has 2 unspecified atom stereocenters. The van der Waals surface area contributed by atoms with Gasteiger partial charge in [0.05, 0.1) is 6.20 Å². The summed E-state index contributed by atoms with van der Waals surface area (Å²) in [4.78, 5) is 28.6. The van der Waals surface area contributed by atoms with Crippen LogP contribution in [0.3, 0.4) is 0 Å². The van der Waals surface area contributed by atoms with E-state index in [9.17, 15) is 14.7 Å². The van der Waals surface area contributed by atoms with Gasteiger partial charge < -0.3 is 15.7 Å². The van der Waals surface area contributed by atoms with Gasteiger partial charge in [-0.3, -0.25) is 14.6 Å². The summed E-state index contributed by atoms with van der Waals surface area (Å²) in [7, 11) is 0. The number of anilines is 1. The van der Waals surface area contributed by atoms with Gasteiger partial charge in [-0.25, -0.2) is 4.68 Å². The van der Waals surface area contributed by atoms with Crippen LogP contribution in [-0.4, -0.2) is 31.8 Å². The Labute approximate surface area is 175 Å². The molecule has 2 aromatic heterocycles. The van der Waals surface area contributed by atoms with E-state index in [0.717, 1.165) is 16.7 Å². The van der Waals surface area contributed by atoms with Crippen molar-refractivity contribution in [2.75, 3.05) is 5.32 Å². The number of aromatic hydroxyl groups is 1. The Morgan fingerprint density at radius 3 is 2.70 bits per heavy atom. The molecule has 3 aliphatic rings. The number of nitrogens with zero attached hydrogens (tertiary/aromatic N) is 3. The molecule has 8 nitrogen and oxygen atoms in total. The van der Waals surface area contributed by atoms with Gasteiger partial charge in [0.2, 0.25) is 11.7 Å². The minimum atomic E-state index is -0.673. The van der Waals surface area contributed by atoms with Gasteiger partial charge in [0.1, 0.15) is 12.2 Å². The molecule has 3 N–H and O–H groups in total. The third-order valence-corrected chi connectivity index (χ3v) is 7.25. The number of hydrogen-bond acceptors (Lipinski definition) is 6. The van der Waals surface area contributed by atoms with Gasteiger partial charge in [-0.15, -0.1) is 0 Å². The van der Waals surface area contributed by atoms with Crippen LogP contribution < -0.4 is 16.2 Å². The maximum atomic E-state index is 12.5. The highest BCUT2D eigenvalue weighted by molar-refractivity contribution is 5.75. The van der Waals surface area contributed by atoms with E-state index in [1.807, 2.05) is 0 Å². The highest BCUT2D eigenvalue weighted by Crippen LogP contribution is 2.61. The summed E-state index contributed by atoms with van der Waals surface area (Å²) in [6.07, 6.45) is 7.01. The first-order valence-corrected chi connectivity index (χ1v) is 10.5. The molecule has 1 amide bonds. The number of carbonyl (C=O) groups excluding carboxylic acids is 1. The lowest BCUT2D eigenvalue weighted by Crippen LogP contribution is -2.58.